The van der Waals surface area contributed by atoms with Crippen LogP contribution in [-0.4, -0.2) is 29.2 Å². The lowest BCUT2D eigenvalue weighted by atomic mass is 9.93. The smallest absolute Gasteiger partial charge is 0.338 e. The van der Waals surface area contributed by atoms with Gasteiger partial charge in [0.15, 0.2) is 4.80 Å². The summed E-state index contributed by atoms with van der Waals surface area (Å²) in [4.78, 5) is 43.3. The number of nitro groups is 1. The number of esters is 1. The van der Waals surface area contributed by atoms with Gasteiger partial charge in [-0.25, -0.2) is 9.79 Å². The van der Waals surface area contributed by atoms with Crippen molar-refractivity contribution in [3.63, 3.8) is 0 Å². The Balaban J connectivity index is 1.58. The Hall–Kier alpha value is -4.74. The molecule has 45 heavy (non-hydrogen) atoms. The van der Waals surface area contributed by atoms with Crippen molar-refractivity contribution in [2.45, 2.75) is 39.3 Å². The molecule has 0 spiro atoms. The highest BCUT2D eigenvalue weighted by Gasteiger charge is 2.36. The van der Waals surface area contributed by atoms with Crippen molar-refractivity contribution in [2.75, 3.05) is 13.7 Å². The van der Waals surface area contributed by atoms with Crippen LogP contribution in [0.2, 0.25) is 5.02 Å². The second-order valence-corrected chi connectivity index (χ2v) is 11.5. The Morgan fingerprint density at radius 2 is 1.91 bits per heavy atom. The maximum atomic E-state index is 14.1. The van der Waals surface area contributed by atoms with Crippen LogP contribution in [0, 0.1) is 10.1 Å². The van der Waals surface area contributed by atoms with E-state index in [0.29, 0.717) is 43.5 Å². The van der Waals surface area contributed by atoms with Gasteiger partial charge in [0, 0.05) is 22.7 Å². The van der Waals surface area contributed by atoms with Crippen molar-refractivity contribution in [1.82, 2.24) is 4.57 Å². The van der Waals surface area contributed by atoms with Gasteiger partial charge in [-0.3, -0.25) is 19.5 Å². The summed E-state index contributed by atoms with van der Waals surface area (Å²) in [5.41, 5.74) is 2.55. The van der Waals surface area contributed by atoms with Gasteiger partial charge in [-0.05, 0) is 73.0 Å². The Morgan fingerprint density at radius 3 is 2.60 bits per heavy atom. The van der Waals surface area contributed by atoms with E-state index in [4.69, 9.17) is 30.8 Å². The van der Waals surface area contributed by atoms with E-state index in [9.17, 15) is 19.7 Å². The molecule has 0 amide bonds. The highest BCUT2D eigenvalue weighted by Crippen LogP contribution is 2.38. The highest BCUT2D eigenvalue weighted by atomic mass is 35.5. The lowest BCUT2D eigenvalue weighted by Crippen LogP contribution is -2.40. The monoisotopic (exact) mass is 647 g/mol. The van der Waals surface area contributed by atoms with Gasteiger partial charge in [-0.15, -0.1) is 0 Å². The van der Waals surface area contributed by atoms with E-state index >= 15 is 0 Å². The molecule has 2 heterocycles. The number of methoxy groups -OCH3 is 1. The van der Waals surface area contributed by atoms with Gasteiger partial charge in [0.2, 0.25) is 0 Å². The largest absolute Gasteiger partial charge is 0.496 e. The second kappa shape index (κ2) is 13.9. The number of thiazole rings is 1. The van der Waals surface area contributed by atoms with E-state index in [1.54, 1.807) is 55.5 Å². The summed E-state index contributed by atoms with van der Waals surface area (Å²) in [6.07, 6.45) is 2.98. The van der Waals surface area contributed by atoms with Crippen molar-refractivity contribution in [2.24, 2.45) is 4.99 Å². The molecule has 232 valence electrons. The molecule has 0 radical (unpaired) electrons. The van der Waals surface area contributed by atoms with Gasteiger partial charge in [0.25, 0.3) is 11.2 Å². The summed E-state index contributed by atoms with van der Waals surface area (Å²) in [5, 5.41) is 11.4. The molecule has 0 unspecified atom stereocenters. The molecule has 4 aromatic rings. The number of nitro benzene ring substituents is 1. The number of hydrogen-bond donors (Lipinski definition) is 0. The van der Waals surface area contributed by atoms with Crippen LogP contribution < -0.4 is 24.4 Å². The first-order valence-corrected chi connectivity index (χ1v) is 15.4. The van der Waals surface area contributed by atoms with E-state index in [1.807, 2.05) is 19.1 Å². The zero-order valence-electron chi connectivity index (χ0n) is 24.8. The predicted octanol–water partition coefficient (Wildman–Crippen LogP) is 5.73. The maximum absolute atomic E-state index is 14.1. The minimum Gasteiger partial charge on any atom is -0.496 e. The van der Waals surface area contributed by atoms with Gasteiger partial charge in [0.05, 0.1) is 34.4 Å². The van der Waals surface area contributed by atoms with Crippen LogP contribution in [-0.2, 0) is 16.1 Å². The molecule has 0 fully saturated rings. The van der Waals surface area contributed by atoms with Gasteiger partial charge in [-0.2, -0.15) is 0 Å². The van der Waals surface area contributed by atoms with Crippen LogP contribution >= 0.6 is 22.9 Å². The molecule has 12 heteroatoms. The number of benzene rings is 3. The number of ether oxygens (including phenoxy) is 3. The number of nitrogens with zero attached hydrogens (tertiary/aromatic N) is 3. The zero-order chi connectivity index (χ0) is 32.1. The van der Waals surface area contributed by atoms with Crippen LogP contribution in [0.4, 0.5) is 5.69 Å². The summed E-state index contributed by atoms with van der Waals surface area (Å²) in [6.45, 7) is 4.09. The summed E-state index contributed by atoms with van der Waals surface area (Å²) in [6, 6.07) is 17.6. The summed E-state index contributed by atoms with van der Waals surface area (Å²) in [7, 11) is 1.52. The normalized spacial score (nSPS) is 14.5. The first kappa shape index (κ1) is 31.7. The standard InChI is InChI=1S/C33H30ClN3O7S/c1-4-7-26-29(32(39)43-5-2)30(25-18-22(34)12-15-27(25)42-3)36-31(38)28(45-33(36)35-26)17-21-8-6-9-24(16-21)44-19-20-10-13-23(14-11-20)37(40)41/h6,8-18,30H,4-5,7,19H2,1-3H3/b28-17+/t30-/m0/s1. The third-order valence-corrected chi connectivity index (χ3v) is 8.31. The van der Waals surface area contributed by atoms with Gasteiger partial charge in [-0.1, -0.05) is 48.4 Å². The minimum atomic E-state index is -0.867. The number of halogens is 1. The summed E-state index contributed by atoms with van der Waals surface area (Å²) < 4.78 is 19.0. The third-order valence-electron chi connectivity index (χ3n) is 7.09. The SMILES string of the molecule is CCCC1=C(C(=O)OCC)[C@H](c2cc(Cl)ccc2OC)n2c(s/c(=C/c3cccc(OCc4ccc([N+](=O)[O-])cc4)c3)c2=O)=N1. The van der Waals surface area contributed by atoms with Crippen molar-refractivity contribution < 1.29 is 23.9 Å². The molecular weight excluding hydrogens is 618 g/mol. The van der Waals surface area contributed by atoms with Crippen molar-refractivity contribution >= 4 is 40.7 Å². The van der Waals surface area contributed by atoms with Crippen LogP contribution in [0.15, 0.2) is 87.8 Å². The predicted molar refractivity (Wildman–Crippen MR) is 172 cm³/mol. The van der Waals surface area contributed by atoms with E-state index < -0.39 is 16.9 Å². The third kappa shape index (κ3) is 6.84. The Labute approximate surface area is 267 Å². The lowest BCUT2D eigenvalue weighted by Gasteiger charge is -2.27. The molecule has 0 N–H and O–H groups in total. The Kier molecular flexibility index (Phi) is 9.80. The average molecular weight is 648 g/mol. The quantitative estimate of drug-likeness (QED) is 0.116. The van der Waals surface area contributed by atoms with E-state index in [1.165, 1.54) is 35.1 Å². The minimum absolute atomic E-state index is 0.00875. The van der Waals surface area contributed by atoms with Crippen LogP contribution in [0.1, 0.15) is 49.4 Å². The molecule has 1 aromatic heterocycles. The molecule has 0 bridgehead atoms. The Morgan fingerprint density at radius 1 is 1.13 bits per heavy atom. The number of rotatable bonds is 11. The fourth-order valence-electron chi connectivity index (χ4n) is 5.06. The van der Waals surface area contributed by atoms with Crippen molar-refractivity contribution in [1.29, 1.82) is 0 Å². The van der Waals surface area contributed by atoms with Crippen molar-refractivity contribution in [3.05, 3.63) is 130 Å². The molecule has 0 saturated heterocycles. The van der Waals surface area contributed by atoms with Crippen LogP contribution in [0.3, 0.4) is 0 Å². The first-order valence-electron chi connectivity index (χ1n) is 14.3. The number of hydrogen-bond acceptors (Lipinski definition) is 9. The van der Waals surface area contributed by atoms with Crippen molar-refractivity contribution in [3.8, 4) is 11.5 Å². The molecule has 1 aliphatic heterocycles. The molecule has 1 aliphatic rings. The van der Waals surface area contributed by atoms with E-state index in [2.05, 4.69) is 0 Å². The molecule has 0 saturated carbocycles. The fraction of sp³-hybridized carbons (Fsp3) is 0.242. The van der Waals surface area contributed by atoms with Crippen LogP contribution in [0.25, 0.3) is 6.08 Å². The topological polar surface area (TPSA) is 122 Å². The van der Waals surface area contributed by atoms with E-state index in [0.717, 1.165) is 17.5 Å². The molecular formula is C33H30ClN3O7S. The number of carbonyl (C=O) groups is 1. The average Bonchev–Trinajstić information content (AvgIpc) is 3.33. The fourth-order valence-corrected chi connectivity index (χ4v) is 6.26. The Bertz CT molecular complexity index is 1970. The van der Waals surface area contributed by atoms with Crippen LogP contribution in [0.5, 0.6) is 11.5 Å². The number of fused-ring (bicyclic) bond motifs is 1. The van der Waals surface area contributed by atoms with Gasteiger partial charge >= 0.3 is 5.97 Å². The number of aromatic nitrogens is 1. The number of non-ortho nitro benzene ring substituents is 1. The summed E-state index contributed by atoms with van der Waals surface area (Å²) >= 11 is 7.64. The summed E-state index contributed by atoms with van der Waals surface area (Å²) in [5.74, 6) is 0.478. The molecule has 1 atom stereocenters. The maximum Gasteiger partial charge on any atom is 0.338 e. The van der Waals surface area contributed by atoms with Gasteiger partial charge < -0.3 is 14.2 Å². The van der Waals surface area contributed by atoms with E-state index in [-0.39, 0.29) is 30.0 Å². The molecule has 5 rings (SSSR count). The molecule has 10 nitrogen and oxygen atoms in total. The molecule has 3 aromatic carbocycles. The second-order valence-electron chi connectivity index (χ2n) is 10.1. The lowest BCUT2D eigenvalue weighted by molar-refractivity contribution is -0.384. The molecule has 0 aliphatic carbocycles. The number of carbonyl (C=O) groups excluding carboxylic acids is 1. The highest BCUT2D eigenvalue weighted by molar-refractivity contribution is 7.07. The zero-order valence-corrected chi connectivity index (χ0v) is 26.4. The van der Waals surface area contributed by atoms with Gasteiger partial charge in [0.1, 0.15) is 24.1 Å². The number of allylic oxidation sites excluding steroid dienone is 1. The first-order chi connectivity index (χ1) is 21.7.